The molecule has 230 valence electrons. The van der Waals surface area contributed by atoms with Gasteiger partial charge in [-0.1, -0.05) is 0 Å². The molecule has 0 bridgehead atoms. The topological polar surface area (TPSA) is 305 Å². The zero-order valence-corrected chi connectivity index (χ0v) is 23.3. The van der Waals surface area contributed by atoms with Gasteiger partial charge in [0.05, 0.1) is 25.5 Å². The van der Waals surface area contributed by atoms with Gasteiger partial charge in [-0.3, -0.25) is 13.9 Å². The molecule has 10 atom stereocenters. The molecular weight excluding hydrogens is 620 g/mol. The number of imidazole rings is 1. The molecular formula is C20H24N9O12P2+. The Morgan fingerprint density at radius 2 is 1.79 bits per heavy atom. The molecule has 2 unspecified atom stereocenters. The number of ether oxygens (including phenoxy) is 2. The van der Waals surface area contributed by atoms with Crippen LogP contribution in [-0.4, -0.2) is 114 Å². The molecule has 4 aromatic heterocycles. The summed E-state index contributed by atoms with van der Waals surface area (Å²) in [5.74, 6) is 0.0732. The molecule has 8 N–H and O–H groups in total. The van der Waals surface area contributed by atoms with Gasteiger partial charge in [0.15, 0.2) is 29.6 Å². The average molecular weight is 644 g/mol. The van der Waals surface area contributed by atoms with Crippen molar-refractivity contribution in [1.29, 1.82) is 0 Å². The average Bonchev–Trinajstić information content (AvgIpc) is 3.72. The number of nitrogens with one attached hydrogen (secondary N) is 1. The second-order valence-corrected chi connectivity index (χ2v) is 12.3. The first-order valence-corrected chi connectivity index (χ1v) is 15.2. The van der Waals surface area contributed by atoms with E-state index in [2.05, 4.69) is 34.5 Å². The van der Waals surface area contributed by atoms with Gasteiger partial charge in [-0.25, -0.2) is 24.6 Å². The molecule has 21 nitrogen and oxygen atoms in total. The molecule has 6 rings (SSSR count). The van der Waals surface area contributed by atoms with Crippen LogP contribution in [-0.2, 0) is 27.7 Å². The number of anilines is 1. The SMILES string of the molecule is Nc1ncnc2c1ncn2[C@@H]1O[C@H](COP(=O)(O)[C@@H]2[C@H](O)[C@@H](CO[P+](=O)O)O[C@H]2n2ncc3c(=O)[nH]cnc32)[C@@H](O)[C@H]1O. The van der Waals surface area contributed by atoms with Crippen LogP contribution in [0.1, 0.15) is 12.5 Å². The Morgan fingerprint density at radius 3 is 2.56 bits per heavy atom. The summed E-state index contributed by atoms with van der Waals surface area (Å²) in [4.78, 5) is 50.7. The number of aliphatic hydroxyl groups is 3. The Labute approximate surface area is 239 Å². The molecule has 0 spiro atoms. The molecule has 2 aliphatic rings. The van der Waals surface area contributed by atoms with Gasteiger partial charge in [0.2, 0.25) is 0 Å². The first-order chi connectivity index (χ1) is 20.5. The van der Waals surface area contributed by atoms with Crippen LogP contribution in [0.4, 0.5) is 5.82 Å². The van der Waals surface area contributed by atoms with Crippen LogP contribution < -0.4 is 11.3 Å². The maximum absolute atomic E-state index is 13.7. The maximum Gasteiger partial charge on any atom is 0.694 e. The number of aromatic nitrogens is 8. The van der Waals surface area contributed by atoms with E-state index in [9.17, 15) is 34.1 Å². The molecule has 6 heterocycles. The van der Waals surface area contributed by atoms with Gasteiger partial charge in [-0.15, -0.1) is 9.42 Å². The van der Waals surface area contributed by atoms with Crippen LogP contribution in [0, 0.1) is 0 Å². The number of rotatable bonds is 9. The molecule has 4 aromatic rings. The third-order valence-corrected chi connectivity index (χ3v) is 9.33. The van der Waals surface area contributed by atoms with Crippen LogP contribution in [0.15, 0.2) is 30.0 Å². The van der Waals surface area contributed by atoms with Gasteiger partial charge in [0, 0.05) is 4.57 Å². The molecule has 43 heavy (non-hydrogen) atoms. The molecule has 0 radical (unpaired) electrons. The number of nitrogens with zero attached hydrogens (tertiary/aromatic N) is 7. The van der Waals surface area contributed by atoms with Gasteiger partial charge in [0.25, 0.3) is 5.56 Å². The minimum atomic E-state index is -4.96. The first-order valence-electron chi connectivity index (χ1n) is 12.4. The van der Waals surface area contributed by atoms with Gasteiger partial charge in [-0.2, -0.15) is 5.10 Å². The van der Waals surface area contributed by atoms with E-state index >= 15 is 0 Å². The largest absolute Gasteiger partial charge is 0.694 e. The van der Waals surface area contributed by atoms with Gasteiger partial charge < -0.3 is 44.9 Å². The Kier molecular flexibility index (Phi) is 7.82. The van der Waals surface area contributed by atoms with Crippen molar-refractivity contribution in [3.8, 4) is 0 Å². The minimum Gasteiger partial charge on any atom is -0.389 e. The molecule has 0 saturated carbocycles. The highest BCUT2D eigenvalue weighted by Crippen LogP contribution is 2.57. The smallest absolute Gasteiger partial charge is 0.389 e. The van der Waals surface area contributed by atoms with E-state index in [1.165, 1.54) is 17.2 Å². The Balaban J connectivity index is 1.25. The Morgan fingerprint density at radius 1 is 1.05 bits per heavy atom. The minimum absolute atomic E-state index is 0.00716. The fourth-order valence-electron chi connectivity index (χ4n) is 5.04. The lowest BCUT2D eigenvalue weighted by molar-refractivity contribution is -0.0498. The Hall–Kier alpha value is -3.33. The third-order valence-electron chi connectivity index (χ3n) is 7.12. The van der Waals surface area contributed by atoms with Crippen LogP contribution >= 0.6 is 15.9 Å². The number of aromatic amines is 1. The summed E-state index contributed by atoms with van der Waals surface area (Å²) in [6.45, 7) is -1.40. The van der Waals surface area contributed by atoms with Crippen molar-refractivity contribution in [3.63, 3.8) is 0 Å². The van der Waals surface area contributed by atoms with E-state index in [0.29, 0.717) is 0 Å². The molecule has 2 saturated heterocycles. The van der Waals surface area contributed by atoms with Crippen LogP contribution in [0.5, 0.6) is 0 Å². The quantitative estimate of drug-likeness (QED) is 0.0938. The molecule has 2 fully saturated rings. The van der Waals surface area contributed by atoms with Crippen molar-refractivity contribution in [2.24, 2.45) is 0 Å². The number of fused-ring (bicyclic) bond motifs is 2. The maximum atomic E-state index is 13.7. The fraction of sp³-hybridized carbons (Fsp3) is 0.500. The number of hydrogen-bond donors (Lipinski definition) is 7. The molecule has 2 aliphatic heterocycles. The monoisotopic (exact) mass is 644 g/mol. The number of nitrogens with two attached hydrogens (primary N) is 1. The fourth-order valence-corrected chi connectivity index (χ4v) is 6.94. The van der Waals surface area contributed by atoms with Gasteiger partial charge >= 0.3 is 15.9 Å². The summed E-state index contributed by atoms with van der Waals surface area (Å²) in [6, 6.07) is 0. The second kappa shape index (κ2) is 11.3. The lowest BCUT2D eigenvalue weighted by atomic mass is 10.1. The summed E-state index contributed by atoms with van der Waals surface area (Å²) < 4.78 is 48.5. The summed E-state index contributed by atoms with van der Waals surface area (Å²) in [5.41, 5.74) is 3.81. The molecule has 0 aliphatic carbocycles. The van der Waals surface area contributed by atoms with Crippen molar-refractivity contribution in [3.05, 3.63) is 35.5 Å². The zero-order chi connectivity index (χ0) is 30.6. The van der Waals surface area contributed by atoms with E-state index in [1.807, 2.05) is 0 Å². The molecule has 0 aromatic carbocycles. The van der Waals surface area contributed by atoms with E-state index in [1.54, 1.807) is 0 Å². The zero-order valence-electron chi connectivity index (χ0n) is 21.5. The van der Waals surface area contributed by atoms with Crippen LogP contribution in [0.2, 0.25) is 0 Å². The predicted molar refractivity (Wildman–Crippen MR) is 139 cm³/mol. The van der Waals surface area contributed by atoms with E-state index in [-0.39, 0.29) is 28.0 Å². The summed E-state index contributed by atoms with van der Waals surface area (Å²) in [7, 11) is -8.06. The number of H-pyrrole nitrogens is 1. The van der Waals surface area contributed by atoms with Gasteiger partial charge in [-0.05, 0) is 0 Å². The lowest BCUT2D eigenvalue weighted by Crippen LogP contribution is -2.36. The highest BCUT2D eigenvalue weighted by atomic mass is 31.2. The van der Waals surface area contributed by atoms with Crippen molar-refractivity contribution in [2.45, 2.75) is 48.6 Å². The van der Waals surface area contributed by atoms with Crippen molar-refractivity contribution in [1.82, 2.24) is 39.3 Å². The lowest BCUT2D eigenvalue weighted by Gasteiger charge is -2.26. The van der Waals surface area contributed by atoms with Crippen LogP contribution in [0.3, 0.4) is 0 Å². The highest BCUT2D eigenvalue weighted by molar-refractivity contribution is 7.53. The summed E-state index contributed by atoms with van der Waals surface area (Å²) in [5, 5.41) is 36.4. The second-order valence-electron chi connectivity index (χ2n) is 9.63. The van der Waals surface area contributed by atoms with Crippen molar-refractivity contribution < 1.29 is 52.8 Å². The number of hydrogen-bond acceptors (Lipinski definition) is 16. The van der Waals surface area contributed by atoms with Crippen LogP contribution in [0.25, 0.3) is 22.2 Å². The van der Waals surface area contributed by atoms with E-state index < -0.39 is 83.3 Å². The number of aliphatic hydroxyl groups excluding tert-OH is 3. The normalized spacial score (nSPS) is 31.1. The van der Waals surface area contributed by atoms with E-state index in [0.717, 1.165) is 17.2 Å². The van der Waals surface area contributed by atoms with Crippen molar-refractivity contribution in [2.75, 3.05) is 18.9 Å². The van der Waals surface area contributed by atoms with Crippen molar-refractivity contribution >= 4 is 43.9 Å². The van der Waals surface area contributed by atoms with Gasteiger partial charge in [0.1, 0.15) is 60.0 Å². The first kappa shape index (κ1) is 29.7. The predicted octanol–water partition coefficient (Wildman–Crippen LogP) is -2.34. The standard InChI is InChI=1S/C20H23N9O12P2/c21-15-10-17(24-4-22-15)28(6-26-10)19-13(32)11(30)9(40-19)3-39-43(36,37)14-12(31)8(2-38-42(34)35)41-20(14)29-16-7(1-27-29)18(33)25-5-23-16/h1,4-6,8-9,11-14,19-20,30-32H,2-3H2,(H4-,21,22,23,24,25,27,33,34,35,36,37)/p+1/t8-,9-,11-,12-,13-,14-,19-,20-/m1/s1. The summed E-state index contributed by atoms with van der Waals surface area (Å²) in [6.07, 6.45) is -5.89. The molecule has 0 amide bonds. The highest BCUT2D eigenvalue weighted by Gasteiger charge is 2.57. The molecule has 23 heteroatoms. The van der Waals surface area contributed by atoms with E-state index in [4.69, 9.17) is 24.6 Å². The number of nitrogen functional groups attached to an aromatic ring is 1. The summed E-state index contributed by atoms with van der Waals surface area (Å²) >= 11 is 0. The Bertz CT molecular complexity index is 1780. The third kappa shape index (κ3) is 5.23.